The Balaban J connectivity index is 2.44. The Bertz CT molecular complexity index is 173. The maximum atomic E-state index is 10.9. The monoisotopic (exact) mass is 173 g/mol. The topological polar surface area (TPSA) is 60.8 Å². The summed E-state index contributed by atoms with van der Waals surface area (Å²) in [4.78, 5) is 12.6. The molecule has 0 saturated carbocycles. The van der Waals surface area contributed by atoms with Crippen molar-refractivity contribution in [3.8, 4) is 0 Å². The number of hydrogen-bond acceptors (Lipinski definition) is 3. The Morgan fingerprint density at radius 2 is 2.00 bits per heavy atom. The lowest BCUT2D eigenvalue weighted by molar-refractivity contribution is -0.134. The number of aliphatic hydroxyl groups excluding tert-OH is 1. The van der Waals surface area contributed by atoms with E-state index in [1.54, 1.807) is 4.90 Å². The van der Waals surface area contributed by atoms with E-state index < -0.39 is 5.60 Å². The number of hydrogen-bond donors (Lipinski definition) is 2. The fraction of sp³-hybridized carbons (Fsp3) is 0.875. The molecule has 0 radical (unpaired) electrons. The smallest absolute Gasteiger partial charge is 0.219 e. The molecule has 1 amide bonds. The van der Waals surface area contributed by atoms with Crippen molar-refractivity contribution in [2.45, 2.75) is 25.4 Å². The van der Waals surface area contributed by atoms with Crippen LogP contribution in [-0.2, 0) is 4.79 Å². The molecular formula is C8H15NO3. The second-order valence-corrected chi connectivity index (χ2v) is 3.39. The first-order valence-corrected chi connectivity index (χ1v) is 4.16. The first-order chi connectivity index (χ1) is 5.57. The number of aliphatic hydroxyl groups is 2. The van der Waals surface area contributed by atoms with Gasteiger partial charge in [-0.3, -0.25) is 4.79 Å². The Hall–Kier alpha value is -0.610. The SMILES string of the molecule is CC(=O)N1CCC(O)(CO)CC1. The minimum Gasteiger partial charge on any atom is -0.393 e. The van der Waals surface area contributed by atoms with Crippen molar-refractivity contribution in [1.82, 2.24) is 4.90 Å². The largest absolute Gasteiger partial charge is 0.393 e. The van der Waals surface area contributed by atoms with Crippen LogP contribution in [0.1, 0.15) is 19.8 Å². The van der Waals surface area contributed by atoms with Gasteiger partial charge in [0.25, 0.3) is 0 Å². The summed E-state index contributed by atoms with van der Waals surface area (Å²) >= 11 is 0. The summed E-state index contributed by atoms with van der Waals surface area (Å²) in [5.74, 6) is 0.0370. The molecule has 2 N–H and O–H groups in total. The molecule has 0 aromatic carbocycles. The van der Waals surface area contributed by atoms with Crippen LogP contribution in [0.15, 0.2) is 0 Å². The molecule has 4 nitrogen and oxygen atoms in total. The fourth-order valence-electron chi connectivity index (χ4n) is 1.40. The van der Waals surface area contributed by atoms with Crippen LogP contribution < -0.4 is 0 Å². The lowest BCUT2D eigenvalue weighted by Crippen LogP contribution is -2.47. The van der Waals surface area contributed by atoms with E-state index in [0.717, 1.165) is 0 Å². The van der Waals surface area contributed by atoms with Crippen molar-refractivity contribution in [3.63, 3.8) is 0 Å². The average Bonchev–Trinajstić information content (AvgIpc) is 2.05. The lowest BCUT2D eigenvalue weighted by atomic mass is 9.92. The minimum atomic E-state index is -0.952. The van der Waals surface area contributed by atoms with Crippen LogP contribution in [0.2, 0.25) is 0 Å². The molecule has 0 aromatic heterocycles. The lowest BCUT2D eigenvalue weighted by Gasteiger charge is -2.36. The third-order valence-corrected chi connectivity index (χ3v) is 2.43. The molecule has 0 spiro atoms. The molecule has 0 bridgehead atoms. The van der Waals surface area contributed by atoms with Gasteiger partial charge in [0.2, 0.25) is 5.91 Å². The van der Waals surface area contributed by atoms with Gasteiger partial charge in [-0.1, -0.05) is 0 Å². The second kappa shape index (κ2) is 3.41. The number of likely N-dealkylation sites (tertiary alicyclic amines) is 1. The van der Waals surface area contributed by atoms with Gasteiger partial charge < -0.3 is 15.1 Å². The average molecular weight is 173 g/mol. The van der Waals surface area contributed by atoms with Crippen LogP contribution >= 0.6 is 0 Å². The first kappa shape index (κ1) is 9.48. The molecule has 1 fully saturated rings. The number of nitrogens with zero attached hydrogens (tertiary/aromatic N) is 1. The number of carbonyl (C=O) groups excluding carboxylic acids is 1. The summed E-state index contributed by atoms with van der Waals surface area (Å²) in [5.41, 5.74) is -0.952. The van der Waals surface area contributed by atoms with Crippen LogP contribution in [0.25, 0.3) is 0 Å². The van der Waals surface area contributed by atoms with Crippen LogP contribution in [0, 0.1) is 0 Å². The van der Waals surface area contributed by atoms with E-state index in [2.05, 4.69) is 0 Å². The number of carbonyl (C=O) groups is 1. The van der Waals surface area contributed by atoms with E-state index in [-0.39, 0.29) is 12.5 Å². The summed E-state index contributed by atoms with van der Waals surface area (Å²) in [7, 11) is 0. The van der Waals surface area contributed by atoms with Crippen molar-refractivity contribution >= 4 is 5.91 Å². The van der Waals surface area contributed by atoms with Crippen molar-refractivity contribution in [2.75, 3.05) is 19.7 Å². The van der Waals surface area contributed by atoms with E-state index in [1.165, 1.54) is 6.92 Å². The maximum Gasteiger partial charge on any atom is 0.219 e. The molecular weight excluding hydrogens is 158 g/mol. The fourth-order valence-corrected chi connectivity index (χ4v) is 1.40. The van der Waals surface area contributed by atoms with Gasteiger partial charge in [0.1, 0.15) is 0 Å². The first-order valence-electron chi connectivity index (χ1n) is 4.16. The van der Waals surface area contributed by atoms with Crippen molar-refractivity contribution in [3.05, 3.63) is 0 Å². The molecule has 1 aliphatic heterocycles. The molecule has 70 valence electrons. The van der Waals surface area contributed by atoms with E-state index in [1.807, 2.05) is 0 Å². The van der Waals surface area contributed by atoms with Crippen molar-refractivity contribution in [2.24, 2.45) is 0 Å². The molecule has 1 heterocycles. The molecule has 0 aliphatic carbocycles. The number of rotatable bonds is 1. The van der Waals surface area contributed by atoms with Crippen LogP contribution in [0.5, 0.6) is 0 Å². The van der Waals surface area contributed by atoms with Crippen molar-refractivity contribution < 1.29 is 15.0 Å². The van der Waals surface area contributed by atoms with Crippen LogP contribution in [-0.4, -0.2) is 46.3 Å². The van der Waals surface area contributed by atoms with E-state index >= 15 is 0 Å². The normalized spacial score (nSPS) is 22.4. The Morgan fingerprint density at radius 3 is 2.33 bits per heavy atom. The van der Waals surface area contributed by atoms with E-state index in [0.29, 0.717) is 25.9 Å². The Morgan fingerprint density at radius 1 is 1.50 bits per heavy atom. The predicted molar refractivity (Wildman–Crippen MR) is 43.5 cm³/mol. The van der Waals surface area contributed by atoms with Gasteiger partial charge in [-0.15, -0.1) is 0 Å². The zero-order chi connectivity index (χ0) is 9.19. The third-order valence-electron chi connectivity index (χ3n) is 2.43. The zero-order valence-corrected chi connectivity index (χ0v) is 7.29. The zero-order valence-electron chi connectivity index (χ0n) is 7.29. The molecule has 0 aromatic rings. The van der Waals surface area contributed by atoms with Gasteiger partial charge in [0, 0.05) is 20.0 Å². The van der Waals surface area contributed by atoms with Crippen molar-refractivity contribution in [1.29, 1.82) is 0 Å². The molecule has 0 unspecified atom stereocenters. The highest BCUT2D eigenvalue weighted by molar-refractivity contribution is 5.73. The van der Waals surface area contributed by atoms with Gasteiger partial charge >= 0.3 is 0 Å². The highest BCUT2D eigenvalue weighted by Crippen LogP contribution is 2.21. The quantitative estimate of drug-likeness (QED) is 0.554. The summed E-state index contributed by atoms with van der Waals surface area (Å²) in [5, 5.41) is 18.4. The summed E-state index contributed by atoms with van der Waals surface area (Å²) in [6, 6.07) is 0. The van der Waals surface area contributed by atoms with Gasteiger partial charge in [-0.25, -0.2) is 0 Å². The third kappa shape index (κ3) is 1.95. The molecule has 1 aliphatic rings. The van der Waals surface area contributed by atoms with Crippen LogP contribution in [0.4, 0.5) is 0 Å². The van der Waals surface area contributed by atoms with Crippen LogP contribution in [0.3, 0.4) is 0 Å². The second-order valence-electron chi connectivity index (χ2n) is 3.39. The summed E-state index contributed by atoms with van der Waals surface area (Å²) in [6.45, 7) is 2.40. The predicted octanol–water partition coefficient (Wildman–Crippen LogP) is -0.648. The molecule has 4 heteroatoms. The highest BCUT2D eigenvalue weighted by atomic mass is 16.3. The number of piperidine rings is 1. The Kier molecular flexibility index (Phi) is 2.69. The molecule has 1 rings (SSSR count). The minimum absolute atomic E-state index is 0.0370. The number of amides is 1. The van der Waals surface area contributed by atoms with Gasteiger partial charge in [-0.05, 0) is 12.8 Å². The van der Waals surface area contributed by atoms with Gasteiger partial charge in [-0.2, -0.15) is 0 Å². The summed E-state index contributed by atoms with van der Waals surface area (Å²) in [6.07, 6.45) is 0.951. The van der Waals surface area contributed by atoms with Gasteiger partial charge in [0.15, 0.2) is 0 Å². The highest BCUT2D eigenvalue weighted by Gasteiger charge is 2.32. The molecule has 12 heavy (non-hydrogen) atoms. The van der Waals surface area contributed by atoms with E-state index in [9.17, 15) is 9.90 Å². The standard InChI is InChI=1S/C8H15NO3/c1-7(11)9-4-2-8(12,6-10)3-5-9/h10,12H,2-6H2,1H3. The van der Waals surface area contributed by atoms with Gasteiger partial charge in [0.05, 0.1) is 12.2 Å². The maximum absolute atomic E-state index is 10.9. The van der Waals surface area contributed by atoms with E-state index in [4.69, 9.17) is 5.11 Å². The summed E-state index contributed by atoms with van der Waals surface area (Å²) < 4.78 is 0. The molecule has 1 saturated heterocycles. The Labute approximate surface area is 71.8 Å². The molecule has 0 atom stereocenters.